The zero-order valence-electron chi connectivity index (χ0n) is 19.0. The van der Waals surface area contributed by atoms with Gasteiger partial charge in [0.1, 0.15) is 5.70 Å². The van der Waals surface area contributed by atoms with E-state index in [2.05, 4.69) is 36.1 Å². The van der Waals surface area contributed by atoms with Gasteiger partial charge >= 0.3 is 0 Å². The Morgan fingerprint density at radius 2 is 2.18 bits per heavy atom. The lowest BCUT2D eigenvalue weighted by Gasteiger charge is -2.28. The molecule has 7 N–H and O–H groups in total. The number of carbonyl (C=O) groups is 1. The first-order valence-corrected chi connectivity index (χ1v) is 11.0. The van der Waals surface area contributed by atoms with E-state index in [1.54, 1.807) is 29.3 Å². The number of amides is 1. The standard InChI is InChI=1S/C22H28N10O2/c1-12(2)30-17-6-20(32-22-14(8-29-32)5-13(7-28-22)21(23)34)27-9-15(17)18(31-24)10-26-16-3-4-25-11-19(16)33/h5-10,12,16,19,24-26,33H,3-4,11H2,1-2H3,(H2,23,34)(H,27,30)/b18-10-,31-24?. The maximum atomic E-state index is 11.5. The second-order valence-electron chi connectivity index (χ2n) is 8.42. The number of aliphatic hydroxyl groups is 1. The molecule has 0 aliphatic carbocycles. The van der Waals surface area contributed by atoms with Crippen molar-refractivity contribution in [2.24, 2.45) is 10.8 Å². The fraction of sp³-hybridized carbons (Fsp3) is 0.364. The smallest absolute Gasteiger partial charge is 0.250 e. The Balaban J connectivity index is 1.70. The zero-order valence-corrected chi connectivity index (χ0v) is 19.0. The van der Waals surface area contributed by atoms with Gasteiger partial charge in [0.15, 0.2) is 11.5 Å². The highest BCUT2D eigenvalue weighted by molar-refractivity contribution is 5.95. The van der Waals surface area contributed by atoms with Gasteiger partial charge in [0.25, 0.3) is 0 Å². The molecule has 0 spiro atoms. The van der Waals surface area contributed by atoms with Gasteiger partial charge in [0, 0.05) is 53.9 Å². The number of nitrogens with one attached hydrogen (secondary N) is 4. The maximum absolute atomic E-state index is 11.5. The third kappa shape index (κ3) is 4.87. The van der Waals surface area contributed by atoms with Crippen LogP contribution in [0.25, 0.3) is 22.5 Å². The minimum absolute atomic E-state index is 0.103. The highest BCUT2D eigenvalue weighted by Gasteiger charge is 2.22. The summed E-state index contributed by atoms with van der Waals surface area (Å²) in [6.45, 7) is 5.33. The lowest BCUT2D eigenvalue weighted by molar-refractivity contribution is 0.1000. The van der Waals surface area contributed by atoms with Crippen LogP contribution in [0.5, 0.6) is 0 Å². The SMILES string of the molecule is CC(C)Nc1cc(-n2ncc3cc(C(N)=O)cnc32)ncc1/C(=C/NC1CCNCC1O)N=N. The lowest BCUT2D eigenvalue weighted by atomic mass is 10.0. The van der Waals surface area contributed by atoms with Crippen LogP contribution in [0.2, 0.25) is 0 Å². The predicted octanol–water partition coefficient (Wildman–Crippen LogP) is 1.38. The number of hydrogen-bond donors (Lipinski definition) is 6. The molecular formula is C22H28N10O2. The van der Waals surface area contributed by atoms with Gasteiger partial charge in [-0.1, -0.05) is 0 Å². The van der Waals surface area contributed by atoms with E-state index in [0.29, 0.717) is 45.9 Å². The number of aliphatic hydroxyl groups excluding tert-OH is 1. The number of aromatic nitrogens is 4. The first-order valence-electron chi connectivity index (χ1n) is 11.0. The quantitative estimate of drug-likeness (QED) is 0.270. The van der Waals surface area contributed by atoms with Gasteiger partial charge in [0.05, 0.1) is 23.9 Å². The molecule has 12 heteroatoms. The highest BCUT2D eigenvalue weighted by Crippen LogP contribution is 2.27. The Labute approximate surface area is 196 Å². The van der Waals surface area contributed by atoms with E-state index < -0.39 is 12.0 Å². The molecule has 12 nitrogen and oxygen atoms in total. The summed E-state index contributed by atoms with van der Waals surface area (Å²) < 4.78 is 1.57. The van der Waals surface area contributed by atoms with Crippen LogP contribution in [0, 0.1) is 5.53 Å². The third-order valence-electron chi connectivity index (χ3n) is 5.52. The Kier molecular flexibility index (Phi) is 6.80. The molecule has 178 valence electrons. The van der Waals surface area contributed by atoms with Crippen LogP contribution < -0.4 is 21.7 Å². The minimum Gasteiger partial charge on any atom is -0.390 e. The minimum atomic E-state index is -0.558. The molecule has 1 aliphatic rings. The summed E-state index contributed by atoms with van der Waals surface area (Å²) in [5.41, 5.74) is 15.6. The summed E-state index contributed by atoms with van der Waals surface area (Å²) >= 11 is 0. The van der Waals surface area contributed by atoms with Gasteiger partial charge in [0.2, 0.25) is 5.91 Å². The number of fused-ring (bicyclic) bond motifs is 1. The van der Waals surface area contributed by atoms with Gasteiger partial charge in [-0.25, -0.2) is 15.5 Å². The molecule has 0 bridgehead atoms. The average Bonchev–Trinajstić information content (AvgIpc) is 3.24. The largest absolute Gasteiger partial charge is 0.390 e. The molecule has 0 radical (unpaired) electrons. The van der Waals surface area contributed by atoms with Crippen LogP contribution in [0.15, 0.2) is 42.0 Å². The number of anilines is 1. The number of carbonyl (C=O) groups excluding carboxylic acids is 1. The number of pyridine rings is 2. The Bertz CT molecular complexity index is 1240. The van der Waals surface area contributed by atoms with Crippen molar-refractivity contribution < 1.29 is 9.90 Å². The fourth-order valence-electron chi connectivity index (χ4n) is 3.81. The molecule has 2 atom stereocenters. The van der Waals surface area contributed by atoms with Gasteiger partial charge in [-0.3, -0.25) is 4.79 Å². The molecule has 1 amide bonds. The van der Waals surface area contributed by atoms with Gasteiger partial charge in [-0.05, 0) is 32.9 Å². The maximum Gasteiger partial charge on any atom is 0.250 e. The lowest BCUT2D eigenvalue weighted by Crippen LogP contribution is -2.49. The molecule has 0 aromatic carbocycles. The van der Waals surface area contributed by atoms with E-state index in [-0.39, 0.29) is 12.1 Å². The van der Waals surface area contributed by atoms with Crippen LogP contribution in [0.4, 0.5) is 5.69 Å². The molecule has 1 fully saturated rings. The van der Waals surface area contributed by atoms with E-state index in [1.165, 1.54) is 6.20 Å². The van der Waals surface area contributed by atoms with Gasteiger partial charge in [-0.15, -0.1) is 0 Å². The number of nitrogens with zero attached hydrogens (tertiary/aromatic N) is 5. The van der Waals surface area contributed by atoms with Crippen molar-refractivity contribution in [3.63, 3.8) is 0 Å². The molecule has 4 rings (SSSR count). The van der Waals surface area contributed by atoms with Crippen LogP contribution >= 0.6 is 0 Å². The van der Waals surface area contributed by atoms with Crippen molar-refractivity contribution in [1.29, 1.82) is 5.53 Å². The number of primary amides is 1. The Hall–Kier alpha value is -3.90. The molecule has 4 heterocycles. The van der Waals surface area contributed by atoms with Crippen molar-refractivity contribution >= 4 is 28.3 Å². The Morgan fingerprint density at radius 3 is 2.88 bits per heavy atom. The first-order chi connectivity index (χ1) is 16.4. The first kappa shape index (κ1) is 23.3. The second-order valence-corrected chi connectivity index (χ2v) is 8.42. The molecular weight excluding hydrogens is 436 g/mol. The zero-order chi connectivity index (χ0) is 24.2. The fourth-order valence-corrected chi connectivity index (χ4v) is 3.81. The monoisotopic (exact) mass is 464 g/mol. The third-order valence-corrected chi connectivity index (χ3v) is 5.52. The average molecular weight is 465 g/mol. The topological polar surface area (TPSA) is 179 Å². The summed E-state index contributed by atoms with van der Waals surface area (Å²) in [6, 6.07) is 3.42. The molecule has 1 aliphatic heterocycles. The Morgan fingerprint density at radius 1 is 1.35 bits per heavy atom. The van der Waals surface area contributed by atoms with Crippen molar-refractivity contribution in [1.82, 2.24) is 30.4 Å². The van der Waals surface area contributed by atoms with Crippen LogP contribution in [0.1, 0.15) is 36.2 Å². The number of piperidine rings is 1. The number of nitrogens with two attached hydrogens (primary N) is 1. The number of rotatable bonds is 8. The van der Waals surface area contributed by atoms with Gasteiger partial charge in [-0.2, -0.15) is 14.9 Å². The van der Waals surface area contributed by atoms with Crippen LogP contribution in [-0.4, -0.2) is 62.0 Å². The molecule has 3 aromatic heterocycles. The summed E-state index contributed by atoms with van der Waals surface area (Å²) in [5, 5.41) is 28.6. The van der Waals surface area contributed by atoms with Crippen molar-refractivity contribution in [2.75, 3.05) is 18.4 Å². The van der Waals surface area contributed by atoms with E-state index >= 15 is 0 Å². The van der Waals surface area contributed by atoms with Crippen molar-refractivity contribution in [2.45, 2.75) is 38.5 Å². The summed E-state index contributed by atoms with van der Waals surface area (Å²) in [4.78, 5) is 20.3. The van der Waals surface area contributed by atoms with Crippen molar-refractivity contribution in [3.8, 4) is 5.82 Å². The van der Waals surface area contributed by atoms with E-state index in [0.717, 1.165) is 13.0 Å². The van der Waals surface area contributed by atoms with Gasteiger partial charge < -0.3 is 26.8 Å². The molecule has 2 unspecified atom stereocenters. The molecule has 34 heavy (non-hydrogen) atoms. The van der Waals surface area contributed by atoms with E-state index in [4.69, 9.17) is 11.3 Å². The second kappa shape index (κ2) is 9.93. The number of β-amino-alcohol motifs (C(OH)–C–C–N with tert-alkyl or cyclic N) is 1. The van der Waals surface area contributed by atoms with E-state index in [1.807, 2.05) is 19.9 Å². The highest BCUT2D eigenvalue weighted by atomic mass is 16.3. The summed E-state index contributed by atoms with van der Waals surface area (Å²) in [5.74, 6) is -0.0515. The normalized spacial score (nSPS) is 18.8. The van der Waals surface area contributed by atoms with Crippen molar-refractivity contribution in [3.05, 3.63) is 48.1 Å². The molecule has 0 saturated carbocycles. The predicted molar refractivity (Wildman–Crippen MR) is 127 cm³/mol. The molecule has 1 saturated heterocycles. The van der Waals surface area contributed by atoms with Crippen LogP contribution in [-0.2, 0) is 0 Å². The molecule has 3 aromatic rings. The summed E-state index contributed by atoms with van der Waals surface area (Å²) in [6.07, 6.45) is 6.50. The van der Waals surface area contributed by atoms with Crippen LogP contribution in [0.3, 0.4) is 0 Å². The summed E-state index contributed by atoms with van der Waals surface area (Å²) in [7, 11) is 0. The van der Waals surface area contributed by atoms with E-state index in [9.17, 15) is 9.90 Å². The number of hydrogen-bond acceptors (Lipinski definition) is 10.